The normalized spacial score (nSPS) is 11.3. The molecule has 0 aliphatic carbocycles. The van der Waals surface area contributed by atoms with Crippen LogP contribution in [0.15, 0.2) is 102 Å². The van der Waals surface area contributed by atoms with Crippen LogP contribution < -0.4 is 32.6 Å². The zero-order valence-electron chi connectivity index (χ0n) is 22.9. The van der Waals surface area contributed by atoms with Crippen LogP contribution in [0.4, 0.5) is 15.8 Å². The van der Waals surface area contributed by atoms with Gasteiger partial charge in [-0.05, 0) is 65.9 Å². The number of rotatable bonds is 12. The van der Waals surface area contributed by atoms with Gasteiger partial charge in [0, 0.05) is 18.3 Å². The summed E-state index contributed by atoms with van der Waals surface area (Å²) in [5.41, 5.74) is 20.9. The Morgan fingerprint density at radius 2 is 1.55 bits per heavy atom. The Bertz CT molecular complexity index is 1520. The molecule has 4 rings (SSSR count). The van der Waals surface area contributed by atoms with Crippen molar-refractivity contribution in [3.63, 3.8) is 0 Å². The van der Waals surface area contributed by atoms with Crippen LogP contribution in [0.25, 0.3) is 0 Å². The van der Waals surface area contributed by atoms with E-state index in [0.29, 0.717) is 35.5 Å². The van der Waals surface area contributed by atoms with Gasteiger partial charge in [-0.25, -0.2) is 9.38 Å². The number of aliphatic imine (C=N–C) groups is 1. The molecule has 0 bridgehead atoms. The molecule has 4 aromatic rings. The van der Waals surface area contributed by atoms with Crippen molar-refractivity contribution in [2.75, 3.05) is 11.9 Å². The molecule has 0 spiro atoms. The van der Waals surface area contributed by atoms with Crippen molar-refractivity contribution < 1.29 is 18.7 Å². The van der Waals surface area contributed by atoms with Crippen molar-refractivity contribution in [2.24, 2.45) is 22.2 Å². The van der Waals surface area contributed by atoms with Crippen molar-refractivity contribution >= 4 is 29.1 Å². The van der Waals surface area contributed by atoms with E-state index in [4.69, 9.17) is 21.9 Å². The van der Waals surface area contributed by atoms with Crippen molar-refractivity contribution in [2.45, 2.75) is 25.5 Å². The zero-order valence-corrected chi connectivity index (χ0v) is 22.9. The van der Waals surface area contributed by atoms with Gasteiger partial charge in [0.15, 0.2) is 5.96 Å². The standard InChI is InChI=1S/C32H33FN6O3/c33-24-10-6-23(7-11-24)20-42-29-19-26(14-15-27(29)30(40)37-17-16-21-4-2-1-3-5-21)38-31(41)28(34)18-22-8-12-25(13-9-22)39-32(35)36/h1-15,19,28H,16-18,20,34H2,(H,37,40)(H,38,41)(H4,35,36,39)/t28-/m0/s1. The van der Waals surface area contributed by atoms with Gasteiger partial charge in [-0.3, -0.25) is 9.59 Å². The molecule has 0 fully saturated rings. The summed E-state index contributed by atoms with van der Waals surface area (Å²) < 4.78 is 19.3. The topological polar surface area (TPSA) is 158 Å². The lowest BCUT2D eigenvalue weighted by Gasteiger charge is -2.16. The summed E-state index contributed by atoms with van der Waals surface area (Å²) in [5.74, 6) is -0.872. The average Bonchev–Trinajstić information content (AvgIpc) is 2.98. The predicted molar refractivity (Wildman–Crippen MR) is 162 cm³/mol. The van der Waals surface area contributed by atoms with E-state index < -0.39 is 11.9 Å². The fourth-order valence-electron chi connectivity index (χ4n) is 4.15. The molecule has 0 saturated carbocycles. The molecule has 0 saturated heterocycles. The predicted octanol–water partition coefficient (Wildman–Crippen LogP) is 3.79. The monoisotopic (exact) mass is 568 g/mol. The number of carbonyl (C=O) groups is 2. The summed E-state index contributed by atoms with van der Waals surface area (Å²) in [6.45, 7) is 0.526. The first-order valence-electron chi connectivity index (χ1n) is 13.4. The first kappa shape index (κ1) is 29.8. The van der Waals surface area contributed by atoms with E-state index in [2.05, 4.69) is 15.6 Å². The second-order valence-electron chi connectivity index (χ2n) is 9.62. The Hall–Kier alpha value is -5.22. The Morgan fingerprint density at radius 1 is 0.857 bits per heavy atom. The highest BCUT2D eigenvalue weighted by Crippen LogP contribution is 2.25. The Balaban J connectivity index is 1.44. The first-order valence-corrected chi connectivity index (χ1v) is 13.4. The molecule has 42 heavy (non-hydrogen) atoms. The molecule has 0 aliphatic rings. The molecule has 0 heterocycles. The van der Waals surface area contributed by atoms with Gasteiger partial charge in [0.25, 0.3) is 5.91 Å². The van der Waals surface area contributed by atoms with Crippen LogP contribution in [0.3, 0.4) is 0 Å². The number of halogens is 1. The van der Waals surface area contributed by atoms with Crippen LogP contribution in [0.5, 0.6) is 5.75 Å². The molecular weight excluding hydrogens is 535 g/mol. The summed E-state index contributed by atoms with van der Waals surface area (Å²) in [7, 11) is 0. The number of benzene rings is 4. The number of nitrogens with zero attached hydrogens (tertiary/aromatic N) is 1. The maximum absolute atomic E-state index is 13.3. The number of carbonyl (C=O) groups excluding carboxylic acids is 2. The van der Waals surface area contributed by atoms with Gasteiger partial charge < -0.3 is 32.6 Å². The number of hydrogen-bond acceptors (Lipinski definition) is 5. The number of amides is 2. The van der Waals surface area contributed by atoms with E-state index in [1.807, 2.05) is 30.3 Å². The van der Waals surface area contributed by atoms with Crippen LogP contribution in [0, 0.1) is 5.82 Å². The fraction of sp³-hybridized carbons (Fsp3) is 0.156. The smallest absolute Gasteiger partial charge is 0.255 e. The quantitative estimate of drug-likeness (QED) is 0.129. The summed E-state index contributed by atoms with van der Waals surface area (Å²) in [6.07, 6.45) is 0.950. The van der Waals surface area contributed by atoms with Gasteiger partial charge >= 0.3 is 0 Å². The van der Waals surface area contributed by atoms with Crippen molar-refractivity contribution in [1.29, 1.82) is 0 Å². The molecule has 0 radical (unpaired) electrons. The summed E-state index contributed by atoms with van der Waals surface area (Å²) in [6, 6.07) is 26.7. The van der Waals surface area contributed by atoms with E-state index in [1.165, 1.54) is 12.1 Å². The van der Waals surface area contributed by atoms with Crippen LogP contribution in [0.2, 0.25) is 0 Å². The minimum Gasteiger partial charge on any atom is -0.488 e. The summed E-state index contributed by atoms with van der Waals surface area (Å²) in [5, 5.41) is 5.71. The maximum atomic E-state index is 13.3. The molecule has 10 heteroatoms. The molecule has 0 unspecified atom stereocenters. The summed E-state index contributed by atoms with van der Waals surface area (Å²) >= 11 is 0. The first-order chi connectivity index (χ1) is 20.3. The molecule has 4 aromatic carbocycles. The summed E-state index contributed by atoms with van der Waals surface area (Å²) in [4.78, 5) is 29.9. The molecule has 0 aromatic heterocycles. The Labute approximate surface area is 243 Å². The highest BCUT2D eigenvalue weighted by molar-refractivity contribution is 5.99. The van der Waals surface area contributed by atoms with E-state index >= 15 is 0 Å². The fourth-order valence-corrected chi connectivity index (χ4v) is 4.15. The molecule has 8 N–H and O–H groups in total. The van der Waals surface area contributed by atoms with Gasteiger partial charge in [-0.2, -0.15) is 0 Å². The highest BCUT2D eigenvalue weighted by atomic mass is 19.1. The van der Waals surface area contributed by atoms with E-state index in [9.17, 15) is 14.0 Å². The van der Waals surface area contributed by atoms with Crippen LogP contribution in [0.1, 0.15) is 27.0 Å². The third kappa shape index (κ3) is 8.90. The second-order valence-corrected chi connectivity index (χ2v) is 9.62. The lowest BCUT2D eigenvalue weighted by atomic mass is 10.1. The second kappa shape index (κ2) is 14.4. The number of guanidine groups is 1. The molecule has 0 aliphatic heterocycles. The lowest BCUT2D eigenvalue weighted by molar-refractivity contribution is -0.117. The zero-order chi connectivity index (χ0) is 29.9. The molecule has 1 atom stereocenters. The largest absolute Gasteiger partial charge is 0.488 e. The minimum absolute atomic E-state index is 0.0458. The van der Waals surface area contributed by atoms with Crippen LogP contribution in [-0.2, 0) is 24.2 Å². The number of ether oxygens (including phenoxy) is 1. The third-order valence-corrected chi connectivity index (χ3v) is 6.33. The SMILES string of the molecule is NC(N)=Nc1ccc(C[C@H](N)C(=O)Nc2ccc(C(=O)NCCc3ccccc3)c(OCc3ccc(F)cc3)c2)cc1. The van der Waals surface area contributed by atoms with E-state index in [1.54, 1.807) is 54.6 Å². The molecule has 9 nitrogen and oxygen atoms in total. The van der Waals surface area contributed by atoms with E-state index in [-0.39, 0.29) is 36.5 Å². The maximum Gasteiger partial charge on any atom is 0.255 e. The number of hydrogen-bond donors (Lipinski definition) is 5. The van der Waals surface area contributed by atoms with Gasteiger partial charge in [0.1, 0.15) is 18.2 Å². The number of nitrogens with one attached hydrogen (secondary N) is 2. The minimum atomic E-state index is -0.844. The van der Waals surface area contributed by atoms with E-state index in [0.717, 1.165) is 11.1 Å². The Morgan fingerprint density at radius 3 is 2.24 bits per heavy atom. The number of nitrogens with two attached hydrogens (primary N) is 3. The van der Waals surface area contributed by atoms with Gasteiger partial charge in [0.2, 0.25) is 5.91 Å². The molecule has 216 valence electrons. The molecular formula is C32H33FN6O3. The van der Waals surface area contributed by atoms with Gasteiger partial charge in [0.05, 0.1) is 17.3 Å². The lowest BCUT2D eigenvalue weighted by Crippen LogP contribution is -2.37. The number of anilines is 1. The average molecular weight is 569 g/mol. The highest BCUT2D eigenvalue weighted by Gasteiger charge is 2.18. The molecule has 2 amide bonds. The van der Waals surface area contributed by atoms with Crippen molar-refractivity contribution in [1.82, 2.24) is 5.32 Å². The van der Waals surface area contributed by atoms with Crippen molar-refractivity contribution in [3.05, 3.63) is 125 Å². The third-order valence-electron chi connectivity index (χ3n) is 6.33. The Kier molecular flexibility index (Phi) is 10.2. The van der Waals surface area contributed by atoms with Gasteiger partial charge in [-0.15, -0.1) is 0 Å². The van der Waals surface area contributed by atoms with Gasteiger partial charge in [-0.1, -0.05) is 54.6 Å². The van der Waals surface area contributed by atoms with Crippen molar-refractivity contribution in [3.8, 4) is 5.75 Å². The van der Waals surface area contributed by atoms with Crippen LogP contribution in [-0.4, -0.2) is 30.4 Å². The van der Waals surface area contributed by atoms with Crippen LogP contribution >= 0.6 is 0 Å².